The van der Waals surface area contributed by atoms with Gasteiger partial charge in [-0.05, 0) is 174 Å². The summed E-state index contributed by atoms with van der Waals surface area (Å²) in [6.07, 6.45) is 5.24. The minimum atomic E-state index is -2.63. The fraction of sp³-hybridized carbons (Fsp3) is 0.0769. The van der Waals surface area contributed by atoms with Crippen molar-refractivity contribution in [3.63, 3.8) is 0 Å². The van der Waals surface area contributed by atoms with Crippen molar-refractivity contribution in [1.29, 1.82) is 0 Å². The lowest BCUT2D eigenvalue weighted by atomic mass is 9.75. The predicted molar refractivity (Wildman–Crippen MR) is 345 cm³/mol. The van der Waals surface area contributed by atoms with E-state index in [4.69, 9.17) is 18.9 Å². The highest BCUT2D eigenvalue weighted by molar-refractivity contribution is 7.25. The van der Waals surface area contributed by atoms with Gasteiger partial charge in [-0.15, -0.1) is 11.3 Å². The second-order valence-corrected chi connectivity index (χ2v) is 24.5. The maximum absolute atomic E-state index is 15.8. The molecule has 4 aliphatic carbocycles. The summed E-state index contributed by atoms with van der Waals surface area (Å²) in [5, 5.41) is 1.23. The molecule has 0 spiro atoms. The number of hydrogen-bond donors (Lipinski definition) is 0. The van der Waals surface area contributed by atoms with Crippen LogP contribution in [-0.4, -0.2) is 47.0 Å². The molecule has 0 radical (unpaired) electrons. The molecule has 12 nitrogen and oxygen atoms in total. The minimum Gasteiger partial charge on any atom is -0.459 e. The Morgan fingerprint density at radius 2 is 0.621 bits per heavy atom. The fourth-order valence-electron chi connectivity index (χ4n) is 13.1. The van der Waals surface area contributed by atoms with Crippen LogP contribution in [0.2, 0.25) is 0 Å². The molecule has 1 aromatic heterocycles. The van der Waals surface area contributed by atoms with Gasteiger partial charge >= 0.3 is 23.9 Å². The van der Waals surface area contributed by atoms with Crippen molar-refractivity contribution >= 4 is 112 Å². The first kappa shape index (κ1) is 59.5. The van der Waals surface area contributed by atoms with Crippen LogP contribution in [0.1, 0.15) is 85.9 Å². The number of esters is 4. The summed E-state index contributed by atoms with van der Waals surface area (Å²) in [6.45, 7) is -1.45. The van der Waals surface area contributed by atoms with E-state index in [0.29, 0.717) is 42.4 Å². The SMILES string of the molecule is O=C1C(=CC2=Cc3cc4sc5cc6c(cc5c4cc3C2(C(=O)OCc2ccccc2)C(=O)OCc2ccccc2)C(C(=O)OCc2ccccc2)(C(=O)OCc2ccccc2)C(C=C2C(=O)c3cc4cc(F)c(F)cc4cc3C2=O)=C6)C(=O)c2cc3cc(F)c(F)cc3cc21. The highest BCUT2D eigenvalue weighted by Crippen LogP contribution is 2.53. The third-order valence-electron chi connectivity index (χ3n) is 17.8. The van der Waals surface area contributed by atoms with Gasteiger partial charge in [0.15, 0.2) is 46.4 Å². The zero-order valence-corrected chi connectivity index (χ0v) is 50.2. The van der Waals surface area contributed by atoms with Crippen LogP contribution in [0.5, 0.6) is 0 Å². The van der Waals surface area contributed by atoms with Crippen LogP contribution in [0.3, 0.4) is 0 Å². The van der Waals surface area contributed by atoms with E-state index in [-0.39, 0.29) is 104 Å². The molecule has 462 valence electrons. The van der Waals surface area contributed by atoms with E-state index in [1.165, 1.54) is 47.8 Å². The Kier molecular flexibility index (Phi) is 14.5. The molecule has 0 aliphatic heterocycles. The van der Waals surface area contributed by atoms with Crippen LogP contribution < -0.4 is 0 Å². The molecule has 0 saturated carbocycles. The van der Waals surface area contributed by atoms with Crippen molar-refractivity contribution in [2.75, 3.05) is 0 Å². The van der Waals surface area contributed by atoms with Gasteiger partial charge < -0.3 is 18.9 Å². The van der Waals surface area contributed by atoms with Crippen molar-refractivity contribution in [3.8, 4) is 0 Å². The first-order valence-electron chi connectivity index (χ1n) is 29.8. The average Bonchev–Trinajstić information content (AvgIpc) is 1.56. The second kappa shape index (κ2) is 23.1. The maximum Gasteiger partial charge on any atom is 0.333 e. The molecule has 0 amide bonds. The number of hydrogen-bond acceptors (Lipinski definition) is 13. The van der Waals surface area contributed by atoms with Crippen LogP contribution >= 0.6 is 11.3 Å². The zero-order chi connectivity index (χ0) is 65.6. The number of halogens is 4. The van der Waals surface area contributed by atoms with E-state index in [2.05, 4.69) is 0 Å². The summed E-state index contributed by atoms with van der Waals surface area (Å²) in [5.74, 6) is -12.7. The molecule has 4 aliphatic rings. The number of allylic oxidation sites excluding steroid dienone is 4. The van der Waals surface area contributed by atoms with Gasteiger partial charge in [-0.2, -0.15) is 0 Å². The Morgan fingerprint density at radius 3 is 0.884 bits per heavy atom. The first-order valence-corrected chi connectivity index (χ1v) is 30.6. The monoisotopic (exact) mass is 1280 g/mol. The van der Waals surface area contributed by atoms with Crippen LogP contribution in [0.25, 0.3) is 53.9 Å². The van der Waals surface area contributed by atoms with Gasteiger partial charge in [0.1, 0.15) is 26.4 Å². The van der Waals surface area contributed by atoms with E-state index in [0.717, 1.165) is 36.4 Å². The molecule has 0 atom stereocenters. The Bertz CT molecular complexity index is 4830. The Hall–Kier alpha value is -11.8. The van der Waals surface area contributed by atoms with Crippen LogP contribution in [-0.2, 0) is 75.4 Å². The maximum atomic E-state index is 15.8. The summed E-state index contributed by atoms with van der Waals surface area (Å²) < 4.78 is 84.1. The number of ether oxygens (including phenoxy) is 4. The lowest BCUT2D eigenvalue weighted by Crippen LogP contribution is -2.46. The molecule has 0 N–H and O–H groups in total. The van der Waals surface area contributed by atoms with Crippen LogP contribution in [0, 0.1) is 23.3 Å². The number of ketones is 4. The predicted octanol–water partition coefficient (Wildman–Crippen LogP) is 15.2. The van der Waals surface area contributed by atoms with Gasteiger partial charge in [0, 0.05) is 42.4 Å². The third-order valence-corrected chi connectivity index (χ3v) is 18.9. The number of benzene rings is 10. The fourth-order valence-corrected chi connectivity index (χ4v) is 14.2. The highest BCUT2D eigenvalue weighted by atomic mass is 32.1. The van der Waals surface area contributed by atoms with E-state index >= 15 is 19.2 Å². The number of rotatable bonds is 14. The lowest BCUT2D eigenvalue weighted by Gasteiger charge is -2.29. The lowest BCUT2D eigenvalue weighted by molar-refractivity contribution is -0.166. The van der Waals surface area contributed by atoms with Crippen molar-refractivity contribution in [2.24, 2.45) is 0 Å². The molecule has 17 heteroatoms. The molecule has 15 rings (SSSR count). The molecular weight excluding hydrogens is 1240 g/mol. The summed E-state index contributed by atoms with van der Waals surface area (Å²) in [6, 6.07) is 49.7. The molecule has 0 saturated heterocycles. The number of thiophene rings is 1. The Labute approximate surface area is 540 Å². The van der Waals surface area contributed by atoms with Crippen molar-refractivity contribution in [2.45, 2.75) is 37.3 Å². The van der Waals surface area contributed by atoms with Crippen LogP contribution in [0.15, 0.2) is 229 Å². The summed E-state index contributed by atoms with van der Waals surface area (Å²) in [7, 11) is 0. The van der Waals surface area contributed by atoms with E-state index in [9.17, 15) is 36.7 Å². The van der Waals surface area contributed by atoms with Gasteiger partial charge in [-0.3, -0.25) is 38.4 Å². The van der Waals surface area contributed by atoms with Crippen molar-refractivity contribution < 1.29 is 74.9 Å². The summed E-state index contributed by atoms with van der Waals surface area (Å²) in [5.41, 5.74) is -4.53. The van der Waals surface area contributed by atoms with E-state index < -0.39 is 92.3 Å². The van der Waals surface area contributed by atoms with Gasteiger partial charge in [0.2, 0.25) is 10.8 Å². The topological polar surface area (TPSA) is 173 Å². The second-order valence-electron chi connectivity index (χ2n) is 23.4. The van der Waals surface area contributed by atoms with E-state index in [1.54, 1.807) is 146 Å². The number of Topliss-reactive ketones (excluding diaryl/α,β-unsaturated/α-hetero) is 4. The summed E-state index contributed by atoms with van der Waals surface area (Å²) in [4.78, 5) is 122. The number of carbonyl (C=O) groups is 8. The smallest absolute Gasteiger partial charge is 0.333 e. The first-order chi connectivity index (χ1) is 46.0. The normalized spacial score (nSPS) is 14.8. The van der Waals surface area contributed by atoms with Crippen molar-refractivity contribution in [3.05, 3.63) is 319 Å². The Morgan fingerprint density at radius 1 is 0.358 bits per heavy atom. The van der Waals surface area contributed by atoms with Gasteiger partial charge in [0.25, 0.3) is 0 Å². The molecule has 1 heterocycles. The molecule has 95 heavy (non-hydrogen) atoms. The van der Waals surface area contributed by atoms with Gasteiger partial charge in [0.05, 0.1) is 11.1 Å². The largest absolute Gasteiger partial charge is 0.459 e. The summed E-state index contributed by atoms with van der Waals surface area (Å²) >= 11 is 1.24. The Balaban J connectivity index is 0.927. The van der Waals surface area contributed by atoms with Gasteiger partial charge in [-0.1, -0.05) is 121 Å². The molecule has 0 unspecified atom stereocenters. The highest BCUT2D eigenvalue weighted by Gasteiger charge is 2.59. The quantitative estimate of drug-likeness (QED) is 0.0252. The van der Waals surface area contributed by atoms with Crippen molar-refractivity contribution in [1.82, 2.24) is 0 Å². The zero-order valence-electron chi connectivity index (χ0n) is 49.4. The molecule has 10 aromatic carbocycles. The minimum absolute atomic E-state index is 0.0180. The molecule has 0 fully saturated rings. The van der Waals surface area contributed by atoms with Gasteiger partial charge in [-0.25, -0.2) is 17.6 Å². The average molecular weight is 1280 g/mol. The molecule has 11 aromatic rings. The van der Waals surface area contributed by atoms with E-state index in [1.807, 2.05) is 0 Å². The number of fused-ring (bicyclic) bond motifs is 9. The third kappa shape index (κ3) is 9.80. The standard InChI is InChI=1S/C78H44F4O12S/c79-63-27-45-23-55-56(24-46(45)28-64(63)80)70(84)59(69(55)83)33-51-21-49-31-67-53(35-61(49)77(51,73(87)91-37-41-13-5-1-6-14-41)74(88)92-38-42-15-7-2-8-16-42)54-36-62-50(32-68(54)95-67)22-52(34-60-71(85)57-25-47-29-65(81)66(82)30-48(47)26-58(57)72(60)86)78(62,75(89)93-39-43-17-9-3-10-18-43)76(90)94-40-44-19-11-4-12-20-44/h1-36H,37-40H2. The molecular formula is C78H44F4O12S. The molecule has 0 bridgehead atoms. The number of carbonyl (C=O) groups excluding carboxylic acids is 8. The van der Waals surface area contributed by atoms with Crippen LogP contribution in [0.4, 0.5) is 17.6 Å².